The molecule has 0 aliphatic rings. The van der Waals surface area contributed by atoms with Crippen LogP contribution < -0.4 is 4.74 Å². The molecule has 4 aromatic rings. The van der Waals surface area contributed by atoms with Crippen LogP contribution in [0.1, 0.15) is 27.2 Å². The number of alkyl halides is 3. The molecule has 0 spiro atoms. The van der Waals surface area contributed by atoms with Crippen LogP contribution in [-0.4, -0.2) is 10.8 Å². The van der Waals surface area contributed by atoms with Crippen LogP contribution in [0.3, 0.4) is 0 Å². The normalized spacial score (nSPS) is 11.3. The minimum Gasteiger partial charge on any atom is -0.467 e. The average molecular weight is 486 g/mol. The average Bonchev–Trinajstić information content (AvgIpc) is 3.33. The summed E-state index contributed by atoms with van der Waals surface area (Å²) in [6, 6.07) is 21.9. The van der Waals surface area contributed by atoms with Gasteiger partial charge in [-0.3, -0.25) is 4.79 Å². The predicted molar refractivity (Wildman–Crippen MR) is 122 cm³/mol. The van der Waals surface area contributed by atoms with Crippen molar-refractivity contribution in [2.45, 2.75) is 19.3 Å². The summed E-state index contributed by atoms with van der Waals surface area (Å²) in [5.74, 6) is 0.782. The second-order valence-corrected chi connectivity index (χ2v) is 7.92. The van der Waals surface area contributed by atoms with Gasteiger partial charge in [0.05, 0.1) is 23.9 Å². The van der Waals surface area contributed by atoms with Gasteiger partial charge in [-0.1, -0.05) is 35.9 Å². The summed E-state index contributed by atoms with van der Waals surface area (Å²) in [7, 11) is 0. The van der Waals surface area contributed by atoms with Gasteiger partial charge in [0.1, 0.15) is 17.3 Å². The van der Waals surface area contributed by atoms with Crippen molar-refractivity contribution in [2.24, 2.45) is 0 Å². The molecule has 1 heterocycles. The molecule has 0 aliphatic heterocycles. The summed E-state index contributed by atoms with van der Waals surface area (Å²) in [5.41, 5.74) is -0.727. The number of carbonyl (C=O) groups is 1. The van der Waals surface area contributed by atoms with Crippen molar-refractivity contribution in [3.8, 4) is 11.5 Å². The first-order valence-corrected chi connectivity index (χ1v) is 10.7. The molecule has 0 saturated carbocycles. The van der Waals surface area contributed by atoms with Crippen LogP contribution in [-0.2, 0) is 19.3 Å². The van der Waals surface area contributed by atoms with E-state index in [0.717, 1.165) is 6.07 Å². The van der Waals surface area contributed by atoms with E-state index >= 15 is 0 Å². The number of amides is 1. The molecule has 1 amide bonds. The van der Waals surface area contributed by atoms with E-state index in [4.69, 9.17) is 20.8 Å². The molecule has 174 valence electrons. The zero-order chi connectivity index (χ0) is 24.1. The molecule has 0 radical (unpaired) electrons. The van der Waals surface area contributed by atoms with Gasteiger partial charge in [-0.15, -0.1) is 0 Å². The summed E-state index contributed by atoms with van der Waals surface area (Å²) in [6.45, 7) is 0.0455. The van der Waals surface area contributed by atoms with Crippen molar-refractivity contribution in [1.82, 2.24) is 4.90 Å². The molecule has 0 saturated heterocycles. The van der Waals surface area contributed by atoms with E-state index in [0.29, 0.717) is 27.8 Å². The van der Waals surface area contributed by atoms with Gasteiger partial charge < -0.3 is 14.1 Å². The molecule has 0 N–H and O–H groups in total. The van der Waals surface area contributed by atoms with Crippen LogP contribution in [0.4, 0.5) is 13.2 Å². The van der Waals surface area contributed by atoms with E-state index in [1.165, 1.54) is 29.4 Å². The van der Waals surface area contributed by atoms with Crippen LogP contribution in [0.15, 0.2) is 95.6 Å². The second-order valence-electron chi connectivity index (χ2n) is 7.49. The van der Waals surface area contributed by atoms with E-state index in [9.17, 15) is 18.0 Å². The first-order valence-electron chi connectivity index (χ1n) is 10.3. The lowest BCUT2D eigenvalue weighted by Crippen LogP contribution is -2.31. The number of hydrogen-bond acceptors (Lipinski definition) is 3. The summed E-state index contributed by atoms with van der Waals surface area (Å²) < 4.78 is 51.8. The van der Waals surface area contributed by atoms with Gasteiger partial charge in [0.15, 0.2) is 0 Å². The van der Waals surface area contributed by atoms with E-state index in [-0.39, 0.29) is 13.1 Å². The van der Waals surface area contributed by atoms with Crippen LogP contribution in [0.25, 0.3) is 0 Å². The lowest BCUT2D eigenvalue weighted by Gasteiger charge is -2.24. The molecule has 0 unspecified atom stereocenters. The molecule has 4 rings (SSSR count). The number of rotatable bonds is 7. The van der Waals surface area contributed by atoms with Gasteiger partial charge in [0.25, 0.3) is 5.91 Å². The number of halogens is 4. The highest BCUT2D eigenvalue weighted by atomic mass is 35.5. The highest BCUT2D eigenvalue weighted by Crippen LogP contribution is 2.33. The third kappa shape index (κ3) is 5.80. The van der Waals surface area contributed by atoms with Gasteiger partial charge in [-0.25, -0.2) is 0 Å². The van der Waals surface area contributed by atoms with E-state index in [1.54, 1.807) is 60.7 Å². The van der Waals surface area contributed by atoms with Crippen molar-refractivity contribution in [3.63, 3.8) is 0 Å². The number of ether oxygens (including phenoxy) is 1. The van der Waals surface area contributed by atoms with E-state index < -0.39 is 23.2 Å². The molecule has 0 fully saturated rings. The summed E-state index contributed by atoms with van der Waals surface area (Å²) in [6.07, 6.45) is -3.21. The quantitative estimate of drug-likeness (QED) is 0.271. The largest absolute Gasteiger partial charge is 0.467 e. The van der Waals surface area contributed by atoms with E-state index in [1.807, 2.05) is 0 Å². The first-order chi connectivity index (χ1) is 16.3. The van der Waals surface area contributed by atoms with Crippen molar-refractivity contribution in [3.05, 3.63) is 119 Å². The molecule has 3 aromatic carbocycles. The minimum atomic E-state index is -4.66. The molecule has 0 atom stereocenters. The van der Waals surface area contributed by atoms with Crippen molar-refractivity contribution >= 4 is 17.5 Å². The van der Waals surface area contributed by atoms with E-state index in [2.05, 4.69) is 0 Å². The Kier molecular flexibility index (Phi) is 6.93. The summed E-state index contributed by atoms with van der Waals surface area (Å²) in [5, 5.41) is 0.576. The molecule has 4 nitrogen and oxygen atoms in total. The summed E-state index contributed by atoms with van der Waals surface area (Å²) >= 11 is 5.90. The molecular weight excluding hydrogens is 467 g/mol. The van der Waals surface area contributed by atoms with Crippen molar-refractivity contribution < 1.29 is 27.1 Å². The standard InChI is InChI=1S/C26H19ClF3NO3/c27-19-10-12-20(13-11-19)34-21-6-3-5-18(15-21)16-31(17-22-7-4-14-33-22)25(32)23-8-1-2-9-24(23)26(28,29)30/h1-15H,16-17H2. The molecule has 34 heavy (non-hydrogen) atoms. The Morgan fingerprint density at radius 1 is 0.882 bits per heavy atom. The van der Waals surface area contributed by atoms with Gasteiger partial charge in [0, 0.05) is 11.6 Å². The Morgan fingerprint density at radius 2 is 1.65 bits per heavy atom. The molecule has 8 heteroatoms. The maximum absolute atomic E-state index is 13.5. The molecular formula is C26H19ClF3NO3. The fourth-order valence-electron chi connectivity index (χ4n) is 3.44. The predicted octanol–water partition coefficient (Wildman–Crippen LogP) is 7.59. The second kappa shape index (κ2) is 10.1. The third-order valence-corrected chi connectivity index (χ3v) is 5.25. The first kappa shape index (κ1) is 23.4. The smallest absolute Gasteiger partial charge is 0.417 e. The SMILES string of the molecule is O=C(c1ccccc1C(F)(F)F)N(Cc1cccc(Oc2ccc(Cl)cc2)c1)Cc1ccco1. The third-order valence-electron chi connectivity index (χ3n) is 5.00. The Morgan fingerprint density at radius 3 is 2.35 bits per heavy atom. The van der Waals surface area contributed by atoms with Crippen LogP contribution in [0.5, 0.6) is 11.5 Å². The van der Waals surface area contributed by atoms with Crippen LogP contribution in [0, 0.1) is 0 Å². The minimum absolute atomic E-state index is 0.000292. The molecule has 0 bridgehead atoms. The topological polar surface area (TPSA) is 42.7 Å². The highest BCUT2D eigenvalue weighted by Gasteiger charge is 2.36. The maximum Gasteiger partial charge on any atom is 0.417 e. The maximum atomic E-state index is 13.5. The zero-order valence-corrected chi connectivity index (χ0v) is 18.5. The van der Waals surface area contributed by atoms with Gasteiger partial charge >= 0.3 is 6.18 Å². The molecule has 1 aromatic heterocycles. The van der Waals surface area contributed by atoms with Crippen LogP contribution >= 0.6 is 11.6 Å². The number of carbonyl (C=O) groups excluding carboxylic acids is 1. The van der Waals surface area contributed by atoms with Crippen molar-refractivity contribution in [2.75, 3.05) is 0 Å². The highest BCUT2D eigenvalue weighted by molar-refractivity contribution is 6.30. The Bertz CT molecular complexity index is 1260. The summed E-state index contributed by atoms with van der Waals surface area (Å²) in [4.78, 5) is 14.6. The fraction of sp³-hybridized carbons (Fsp3) is 0.115. The monoisotopic (exact) mass is 485 g/mol. The Hall–Kier alpha value is -3.71. The Labute approximate surface area is 199 Å². The fourth-order valence-corrected chi connectivity index (χ4v) is 3.57. The number of benzene rings is 3. The van der Waals surface area contributed by atoms with Gasteiger partial charge in [-0.05, 0) is 66.2 Å². The zero-order valence-electron chi connectivity index (χ0n) is 17.8. The van der Waals surface area contributed by atoms with Gasteiger partial charge in [-0.2, -0.15) is 13.2 Å². The van der Waals surface area contributed by atoms with Crippen LogP contribution in [0.2, 0.25) is 5.02 Å². The molecule has 0 aliphatic carbocycles. The van der Waals surface area contributed by atoms with Crippen molar-refractivity contribution in [1.29, 1.82) is 0 Å². The number of furan rings is 1. The number of nitrogens with zero attached hydrogens (tertiary/aromatic N) is 1. The Balaban J connectivity index is 1.61. The van der Waals surface area contributed by atoms with Gasteiger partial charge in [0.2, 0.25) is 0 Å². The lowest BCUT2D eigenvalue weighted by molar-refractivity contribution is -0.138. The number of hydrogen-bond donors (Lipinski definition) is 0. The lowest BCUT2D eigenvalue weighted by atomic mass is 10.0.